The smallest absolute Gasteiger partial charge is 0.269 e. The van der Waals surface area contributed by atoms with Gasteiger partial charge in [0, 0.05) is 12.2 Å². The molecule has 2 N–H and O–H groups in total. The summed E-state index contributed by atoms with van der Waals surface area (Å²) in [5.74, 6) is -0.172. The van der Waals surface area contributed by atoms with Gasteiger partial charge in [-0.2, -0.15) is 0 Å². The zero-order valence-electron chi connectivity index (χ0n) is 10.4. The SMILES string of the molecule is CCNCc1ccccc1NC(=O)c1cnns1.Cl. The summed E-state index contributed by atoms with van der Waals surface area (Å²) in [5, 5.41) is 9.77. The Kier molecular flexibility index (Phi) is 6.41. The topological polar surface area (TPSA) is 66.9 Å². The Morgan fingerprint density at radius 2 is 2.16 bits per heavy atom. The lowest BCUT2D eigenvalue weighted by Crippen LogP contribution is -2.16. The van der Waals surface area contributed by atoms with Crippen LogP contribution in [0, 0.1) is 0 Å². The number of nitrogens with one attached hydrogen (secondary N) is 2. The molecule has 0 saturated heterocycles. The molecule has 1 amide bonds. The van der Waals surface area contributed by atoms with Crippen LogP contribution in [0.15, 0.2) is 30.5 Å². The lowest BCUT2D eigenvalue weighted by Gasteiger charge is -2.10. The Hall–Kier alpha value is -1.50. The predicted molar refractivity (Wildman–Crippen MR) is 78.9 cm³/mol. The van der Waals surface area contributed by atoms with Crippen molar-refractivity contribution in [3.05, 3.63) is 40.9 Å². The Morgan fingerprint density at radius 1 is 1.37 bits per heavy atom. The van der Waals surface area contributed by atoms with Crippen molar-refractivity contribution >= 4 is 35.5 Å². The second-order valence-electron chi connectivity index (χ2n) is 3.67. The predicted octanol–water partition coefficient (Wildman–Crippen LogP) is 2.32. The summed E-state index contributed by atoms with van der Waals surface area (Å²) in [4.78, 5) is 12.4. The fourth-order valence-corrected chi connectivity index (χ4v) is 1.92. The minimum absolute atomic E-state index is 0. The van der Waals surface area contributed by atoms with E-state index in [4.69, 9.17) is 0 Å². The number of hydrogen-bond donors (Lipinski definition) is 2. The van der Waals surface area contributed by atoms with Crippen molar-refractivity contribution < 1.29 is 4.79 Å². The van der Waals surface area contributed by atoms with Crippen molar-refractivity contribution in [2.45, 2.75) is 13.5 Å². The van der Waals surface area contributed by atoms with E-state index in [1.165, 1.54) is 6.20 Å². The maximum Gasteiger partial charge on any atom is 0.269 e. The van der Waals surface area contributed by atoms with Gasteiger partial charge >= 0.3 is 0 Å². The maximum atomic E-state index is 11.9. The molecule has 0 aliphatic rings. The normalized spacial score (nSPS) is 9.74. The van der Waals surface area contributed by atoms with E-state index in [0.29, 0.717) is 4.88 Å². The van der Waals surface area contributed by atoms with Gasteiger partial charge in [0.05, 0.1) is 6.20 Å². The van der Waals surface area contributed by atoms with E-state index in [1.54, 1.807) is 0 Å². The molecule has 0 atom stereocenters. The van der Waals surface area contributed by atoms with Crippen molar-refractivity contribution in [3.8, 4) is 0 Å². The first-order valence-electron chi connectivity index (χ1n) is 5.68. The number of benzene rings is 1. The van der Waals surface area contributed by atoms with Crippen LogP contribution in [-0.4, -0.2) is 22.0 Å². The van der Waals surface area contributed by atoms with Gasteiger partial charge < -0.3 is 10.6 Å². The van der Waals surface area contributed by atoms with E-state index >= 15 is 0 Å². The van der Waals surface area contributed by atoms with Crippen molar-refractivity contribution in [2.24, 2.45) is 0 Å². The summed E-state index contributed by atoms with van der Waals surface area (Å²) in [6.07, 6.45) is 1.47. The number of anilines is 1. The molecule has 0 spiro atoms. The molecule has 7 heteroatoms. The average Bonchev–Trinajstić information content (AvgIpc) is 2.91. The first kappa shape index (κ1) is 15.6. The number of hydrogen-bond acceptors (Lipinski definition) is 5. The molecule has 0 unspecified atom stereocenters. The van der Waals surface area contributed by atoms with Crippen molar-refractivity contribution in [1.82, 2.24) is 14.9 Å². The molecule has 102 valence electrons. The van der Waals surface area contributed by atoms with Crippen LogP contribution in [-0.2, 0) is 6.54 Å². The van der Waals surface area contributed by atoms with Gasteiger partial charge in [0.15, 0.2) is 0 Å². The summed E-state index contributed by atoms with van der Waals surface area (Å²) in [5.41, 5.74) is 1.88. The molecular formula is C12H15ClN4OS. The number of rotatable bonds is 5. The molecule has 1 aromatic heterocycles. The molecule has 0 saturated carbocycles. The highest BCUT2D eigenvalue weighted by molar-refractivity contribution is 7.07. The van der Waals surface area contributed by atoms with Crippen LogP contribution in [0.2, 0.25) is 0 Å². The summed E-state index contributed by atoms with van der Waals surface area (Å²) < 4.78 is 3.68. The summed E-state index contributed by atoms with van der Waals surface area (Å²) in [6, 6.07) is 7.73. The molecule has 1 heterocycles. The Balaban J connectivity index is 0.00000180. The molecule has 0 bridgehead atoms. The highest BCUT2D eigenvalue weighted by Gasteiger charge is 2.10. The molecule has 0 radical (unpaired) electrons. The molecule has 0 aliphatic heterocycles. The van der Waals surface area contributed by atoms with Crippen LogP contribution >= 0.6 is 23.9 Å². The third-order valence-electron chi connectivity index (χ3n) is 2.42. The zero-order valence-corrected chi connectivity index (χ0v) is 12.1. The van der Waals surface area contributed by atoms with E-state index in [-0.39, 0.29) is 18.3 Å². The molecule has 0 aliphatic carbocycles. The standard InChI is InChI=1S/C12H14N4OS.ClH/c1-2-13-7-9-5-3-4-6-10(9)15-12(17)11-8-14-16-18-11;/h3-6,8,13H,2,7H2,1H3,(H,15,17);1H. The first-order chi connectivity index (χ1) is 8.81. The number of amides is 1. The lowest BCUT2D eigenvalue weighted by atomic mass is 10.1. The first-order valence-corrected chi connectivity index (χ1v) is 6.46. The van der Waals surface area contributed by atoms with Crippen molar-refractivity contribution in [2.75, 3.05) is 11.9 Å². The van der Waals surface area contributed by atoms with E-state index in [1.807, 2.05) is 31.2 Å². The lowest BCUT2D eigenvalue weighted by molar-refractivity contribution is 0.103. The molecule has 2 rings (SSSR count). The Morgan fingerprint density at radius 3 is 2.84 bits per heavy atom. The van der Waals surface area contributed by atoms with Gasteiger partial charge in [0.1, 0.15) is 4.88 Å². The fraction of sp³-hybridized carbons (Fsp3) is 0.250. The van der Waals surface area contributed by atoms with Crippen LogP contribution in [0.4, 0.5) is 5.69 Å². The van der Waals surface area contributed by atoms with Crippen molar-refractivity contribution in [3.63, 3.8) is 0 Å². The van der Waals surface area contributed by atoms with Gasteiger partial charge in [-0.3, -0.25) is 4.79 Å². The summed E-state index contributed by atoms with van der Waals surface area (Å²) in [7, 11) is 0. The second kappa shape index (κ2) is 7.83. The largest absolute Gasteiger partial charge is 0.321 e. The van der Waals surface area contributed by atoms with Crippen LogP contribution in [0.3, 0.4) is 0 Å². The number of para-hydroxylation sites is 1. The number of carbonyl (C=O) groups excluding carboxylic acids is 1. The summed E-state index contributed by atoms with van der Waals surface area (Å²) >= 11 is 1.09. The van der Waals surface area contributed by atoms with Crippen LogP contribution < -0.4 is 10.6 Å². The Bertz CT molecular complexity index is 518. The Labute approximate surface area is 122 Å². The quantitative estimate of drug-likeness (QED) is 0.889. The fourth-order valence-electron chi connectivity index (χ4n) is 1.51. The third kappa shape index (κ3) is 4.27. The molecule has 19 heavy (non-hydrogen) atoms. The minimum atomic E-state index is -0.172. The van der Waals surface area contributed by atoms with Gasteiger partial charge in [-0.1, -0.05) is 29.6 Å². The van der Waals surface area contributed by atoms with E-state index in [2.05, 4.69) is 20.2 Å². The molecular weight excluding hydrogens is 284 g/mol. The van der Waals surface area contributed by atoms with Crippen LogP contribution in [0.5, 0.6) is 0 Å². The zero-order chi connectivity index (χ0) is 12.8. The molecule has 0 fully saturated rings. The monoisotopic (exact) mass is 298 g/mol. The van der Waals surface area contributed by atoms with Gasteiger partial charge in [-0.25, -0.2) is 0 Å². The third-order valence-corrected chi connectivity index (χ3v) is 3.08. The van der Waals surface area contributed by atoms with Crippen LogP contribution in [0.1, 0.15) is 22.2 Å². The molecule has 1 aromatic carbocycles. The van der Waals surface area contributed by atoms with Gasteiger partial charge in [0.25, 0.3) is 5.91 Å². The van der Waals surface area contributed by atoms with E-state index < -0.39 is 0 Å². The van der Waals surface area contributed by atoms with Crippen LogP contribution in [0.25, 0.3) is 0 Å². The summed E-state index contributed by atoms with van der Waals surface area (Å²) in [6.45, 7) is 3.67. The molecule has 5 nitrogen and oxygen atoms in total. The van der Waals surface area contributed by atoms with Gasteiger partial charge in [-0.05, 0) is 29.7 Å². The van der Waals surface area contributed by atoms with Gasteiger partial charge in [0.2, 0.25) is 0 Å². The van der Waals surface area contributed by atoms with E-state index in [9.17, 15) is 4.79 Å². The minimum Gasteiger partial charge on any atom is -0.321 e. The highest BCUT2D eigenvalue weighted by atomic mass is 35.5. The van der Waals surface area contributed by atoms with Crippen molar-refractivity contribution in [1.29, 1.82) is 0 Å². The van der Waals surface area contributed by atoms with Gasteiger partial charge in [-0.15, -0.1) is 17.5 Å². The number of carbonyl (C=O) groups is 1. The number of nitrogens with zero attached hydrogens (tertiary/aromatic N) is 2. The second-order valence-corrected chi connectivity index (χ2v) is 4.46. The highest BCUT2D eigenvalue weighted by Crippen LogP contribution is 2.16. The number of halogens is 1. The maximum absolute atomic E-state index is 11.9. The molecule has 2 aromatic rings. The van der Waals surface area contributed by atoms with E-state index in [0.717, 1.165) is 35.9 Å². The average molecular weight is 299 g/mol. The number of aromatic nitrogens is 2.